The van der Waals surface area contributed by atoms with E-state index in [1.165, 1.54) is 18.4 Å². The molecule has 0 N–H and O–H groups in total. The monoisotopic (exact) mass is 243 g/mol. The molecule has 0 aromatic carbocycles. The van der Waals surface area contributed by atoms with Crippen LogP contribution in [0.3, 0.4) is 0 Å². The zero-order valence-corrected chi connectivity index (χ0v) is 10.9. The molecular weight excluding hydrogens is 226 g/mol. The smallest absolute Gasteiger partial charge is 0.345 e. The highest BCUT2D eigenvalue weighted by Gasteiger charge is 2.39. The van der Waals surface area contributed by atoms with Crippen molar-refractivity contribution < 1.29 is 14.3 Å². The third-order valence-corrected chi connectivity index (χ3v) is 3.49. The predicted molar refractivity (Wildman–Crippen MR) is 62.5 cm³/mol. The number of ether oxygens (including phenoxy) is 2. The molecular formula is C11H17NO3S. The normalized spacial score (nSPS) is 14.5. The first kappa shape index (κ1) is 13.1. The average Bonchev–Trinajstić information content (AvgIpc) is 2.77. The van der Waals surface area contributed by atoms with Crippen molar-refractivity contribution in [2.75, 3.05) is 13.7 Å². The highest BCUT2D eigenvalue weighted by molar-refractivity contribution is 7.10. The molecule has 0 aliphatic heterocycles. The fourth-order valence-electron chi connectivity index (χ4n) is 1.22. The van der Waals surface area contributed by atoms with Gasteiger partial charge in [0.1, 0.15) is 5.01 Å². The van der Waals surface area contributed by atoms with E-state index in [4.69, 9.17) is 9.47 Å². The van der Waals surface area contributed by atoms with Gasteiger partial charge in [-0.05, 0) is 20.3 Å². The zero-order chi connectivity index (χ0) is 12.2. The largest absolute Gasteiger partial charge is 0.464 e. The summed E-state index contributed by atoms with van der Waals surface area (Å²) in [5, 5.41) is 2.58. The Morgan fingerprint density at radius 3 is 2.69 bits per heavy atom. The molecule has 0 bridgehead atoms. The summed E-state index contributed by atoms with van der Waals surface area (Å²) in [6.45, 7) is 5.81. The highest BCUT2D eigenvalue weighted by atomic mass is 32.1. The summed E-state index contributed by atoms with van der Waals surface area (Å²) in [6, 6.07) is 0. The summed E-state index contributed by atoms with van der Waals surface area (Å²) in [7, 11) is 1.49. The van der Waals surface area contributed by atoms with Crippen molar-refractivity contribution in [3.05, 3.63) is 16.1 Å². The average molecular weight is 243 g/mol. The van der Waals surface area contributed by atoms with Gasteiger partial charge in [0.15, 0.2) is 0 Å². The highest BCUT2D eigenvalue weighted by Crippen LogP contribution is 2.29. The summed E-state index contributed by atoms with van der Waals surface area (Å²) in [6.07, 6.45) is 0.846. The first-order valence-electron chi connectivity index (χ1n) is 5.25. The molecule has 0 spiro atoms. The minimum absolute atomic E-state index is 0.337. The third-order valence-electron chi connectivity index (χ3n) is 2.40. The summed E-state index contributed by atoms with van der Waals surface area (Å²) in [5.74, 6) is -0.394. The molecule has 90 valence electrons. The van der Waals surface area contributed by atoms with Crippen LogP contribution in [0.1, 0.15) is 31.5 Å². The topological polar surface area (TPSA) is 48.4 Å². The second kappa shape index (κ2) is 5.41. The van der Waals surface area contributed by atoms with Gasteiger partial charge in [0.05, 0.1) is 12.3 Å². The molecule has 0 radical (unpaired) electrons. The van der Waals surface area contributed by atoms with Crippen LogP contribution >= 0.6 is 11.3 Å². The van der Waals surface area contributed by atoms with Gasteiger partial charge in [-0.15, -0.1) is 11.3 Å². The van der Waals surface area contributed by atoms with E-state index in [0.717, 1.165) is 12.1 Å². The Morgan fingerprint density at radius 2 is 2.25 bits per heavy atom. The Balaban J connectivity index is 2.99. The van der Waals surface area contributed by atoms with E-state index in [1.807, 2.05) is 12.3 Å². The fourth-order valence-corrected chi connectivity index (χ4v) is 2.24. The van der Waals surface area contributed by atoms with E-state index >= 15 is 0 Å². The number of nitrogens with zero attached hydrogens (tertiary/aromatic N) is 1. The molecule has 0 aliphatic carbocycles. The van der Waals surface area contributed by atoms with Crippen LogP contribution in [-0.2, 0) is 26.3 Å². The fraction of sp³-hybridized carbons (Fsp3) is 0.636. The zero-order valence-electron chi connectivity index (χ0n) is 10.1. The van der Waals surface area contributed by atoms with Gasteiger partial charge in [-0.1, -0.05) is 6.92 Å². The molecule has 1 unspecified atom stereocenters. The van der Waals surface area contributed by atoms with Crippen LogP contribution in [0.25, 0.3) is 0 Å². The number of hydrogen-bond donors (Lipinski definition) is 0. The van der Waals surface area contributed by atoms with Gasteiger partial charge in [-0.25, -0.2) is 9.78 Å². The first-order valence-corrected chi connectivity index (χ1v) is 6.13. The summed E-state index contributed by atoms with van der Waals surface area (Å²) in [5.41, 5.74) is -0.124. The van der Waals surface area contributed by atoms with Gasteiger partial charge < -0.3 is 9.47 Å². The van der Waals surface area contributed by atoms with Gasteiger partial charge in [0.25, 0.3) is 0 Å². The predicted octanol–water partition coefficient (Wildman–Crippen LogP) is 2.13. The quantitative estimate of drug-likeness (QED) is 0.743. The lowest BCUT2D eigenvalue weighted by atomic mass is 10.1. The van der Waals surface area contributed by atoms with E-state index < -0.39 is 11.6 Å². The summed E-state index contributed by atoms with van der Waals surface area (Å²) < 4.78 is 10.3. The second-order valence-corrected chi connectivity index (χ2v) is 4.31. The van der Waals surface area contributed by atoms with E-state index in [-0.39, 0.29) is 0 Å². The molecule has 16 heavy (non-hydrogen) atoms. The Kier molecular flexibility index (Phi) is 4.44. The van der Waals surface area contributed by atoms with Crippen molar-refractivity contribution in [2.24, 2.45) is 0 Å². The number of rotatable bonds is 5. The summed E-state index contributed by atoms with van der Waals surface area (Å²) in [4.78, 5) is 16.2. The van der Waals surface area contributed by atoms with Crippen molar-refractivity contribution in [1.82, 2.24) is 4.98 Å². The minimum atomic E-state index is -1.09. The van der Waals surface area contributed by atoms with Crippen molar-refractivity contribution in [2.45, 2.75) is 32.8 Å². The van der Waals surface area contributed by atoms with Gasteiger partial charge in [0.2, 0.25) is 5.60 Å². The first-order chi connectivity index (χ1) is 7.58. The molecule has 4 nitrogen and oxygen atoms in total. The third kappa shape index (κ3) is 2.41. The molecule has 1 aromatic rings. The van der Waals surface area contributed by atoms with Crippen LogP contribution in [0.4, 0.5) is 0 Å². The molecule has 0 saturated heterocycles. The Bertz CT molecular complexity index is 364. The number of carbonyl (C=O) groups excluding carboxylic acids is 1. The number of carbonyl (C=O) groups is 1. The van der Waals surface area contributed by atoms with Gasteiger partial charge in [-0.3, -0.25) is 0 Å². The lowest BCUT2D eigenvalue weighted by Gasteiger charge is -2.22. The molecule has 0 amide bonds. The van der Waals surface area contributed by atoms with Gasteiger partial charge in [0, 0.05) is 12.5 Å². The Labute approximate surface area is 99.6 Å². The van der Waals surface area contributed by atoms with E-state index in [9.17, 15) is 4.79 Å². The maximum Gasteiger partial charge on any atom is 0.345 e. The van der Waals surface area contributed by atoms with E-state index in [2.05, 4.69) is 4.98 Å². The molecule has 5 heteroatoms. The number of esters is 1. The van der Waals surface area contributed by atoms with Crippen LogP contribution in [0, 0.1) is 0 Å². The van der Waals surface area contributed by atoms with Crippen molar-refractivity contribution in [3.63, 3.8) is 0 Å². The number of aryl methyl sites for hydroxylation is 1. The maximum atomic E-state index is 11.8. The van der Waals surface area contributed by atoms with Crippen molar-refractivity contribution >= 4 is 17.3 Å². The molecule has 0 aliphatic rings. The SMILES string of the molecule is CCOC(=O)C(C)(OC)c1nc(CC)cs1. The number of methoxy groups -OCH3 is 1. The second-order valence-electron chi connectivity index (χ2n) is 3.46. The van der Waals surface area contributed by atoms with Crippen LogP contribution in [0.5, 0.6) is 0 Å². The summed E-state index contributed by atoms with van der Waals surface area (Å²) >= 11 is 1.42. The molecule has 0 saturated carbocycles. The van der Waals surface area contributed by atoms with Crippen LogP contribution in [0.2, 0.25) is 0 Å². The lowest BCUT2D eigenvalue weighted by molar-refractivity contribution is -0.168. The Hall–Kier alpha value is -0.940. The Morgan fingerprint density at radius 1 is 1.56 bits per heavy atom. The van der Waals surface area contributed by atoms with E-state index in [0.29, 0.717) is 11.6 Å². The molecule has 0 fully saturated rings. The van der Waals surface area contributed by atoms with Gasteiger partial charge >= 0.3 is 5.97 Å². The minimum Gasteiger partial charge on any atom is -0.464 e. The standard InChI is InChI=1S/C11H17NO3S/c1-5-8-7-16-9(12-8)11(3,14-4)10(13)15-6-2/h7H,5-6H2,1-4H3. The van der Waals surface area contributed by atoms with E-state index in [1.54, 1.807) is 13.8 Å². The van der Waals surface area contributed by atoms with Crippen molar-refractivity contribution in [3.8, 4) is 0 Å². The number of aromatic nitrogens is 1. The molecule has 1 aromatic heterocycles. The number of hydrogen-bond acceptors (Lipinski definition) is 5. The lowest BCUT2D eigenvalue weighted by Crippen LogP contribution is -2.36. The number of thiazole rings is 1. The molecule has 1 rings (SSSR count). The maximum absolute atomic E-state index is 11.8. The molecule has 1 heterocycles. The molecule has 1 atom stereocenters. The van der Waals surface area contributed by atoms with Gasteiger partial charge in [-0.2, -0.15) is 0 Å². The van der Waals surface area contributed by atoms with Crippen LogP contribution in [-0.4, -0.2) is 24.7 Å². The van der Waals surface area contributed by atoms with Crippen LogP contribution < -0.4 is 0 Å². The van der Waals surface area contributed by atoms with Crippen molar-refractivity contribution in [1.29, 1.82) is 0 Å². The van der Waals surface area contributed by atoms with Crippen LogP contribution in [0.15, 0.2) is 5.38 Å².